The van der Waals surface area contributed by atoms with Crippen LogP contribution in [-0.2, 0) is 4.74 Å². The number of thiophene rings is 1. The van der Waals surface area contributed by atoms with Crippen LogP contribution in [0.4, 0.5) is 0 Å². The fraction of sp³-hybridized carbons (Fsp3) is 0.583. The van der Waals surface area contributed by atoms with E-state index in [2.05, 4.69) is 6.92 Å². The Balaban J connectivity index is 2.13. The van der Waals surface area contributed by atoms with E-state index >= 15 is 0 Å². The Kier molecular flexibility index (Phi) is 3.22. The maximum atomic E-state index is 12.2. The van der Waals surface area contributed by atoms with Crippen LogP contribution in [0.2, 0.25) is 0 Å². The molecule has 1 aromatic rings. The van der Waals surface area contributed by atoms with E-state index in [0.29, 0.717) is 0 Å². The molecule has 2 atom stereocenters. The normalized spacial score (nSPS) is 25.7. The number of carbonyl (C=O) groups is 1. The zero-order valence-electron chi connectivity index (χ0n) is 9.16. The molecule has 2 heterocycles. The molecule has 82 valence electrons. The quantitative estimate of drug-likeness (QED) is 0.738. The molecule has 1 aromatic heterocycles. The molecule has 2 rings (SSSR count). The molecule has 2 nitrogen and oxygen atoms in total. The van der Waals surface area contributed by atoms with Crippen molar-refractivity contribution in [2.45, 2.75) is 32.8 Å². The van der Waals surface area contributed by atoms with Crippen LogP contribution >= 0.6 is 11.3 Å². The fourth-order valence-corrected chi connectivity index (χ4v) is 2.83. The Hall–Kier alpha value is -0.670. The third-order valence-corrected chi connectivity index (χ3v) is 3.83. The van der Waals surface area contributed by atoms with Crippen molar-refractivity contribution in [3.8, 4) is 0 Å². The van der Waals surface area contributed by atoms with Crippen molar-refractivity contribution in [3.63, 3.8) is 0 Å². The van der Waals surface area contributed by atoms with Gasteiger partial charge >= 0.3 is 0 Å². The molecule has 1 aliphatic rings. The summed E-state index contributed by atoms with van der Waals surface area (Å²) in [5.74, 6) is 0.354. The maximum absolute atomic E-state index is 12.2. The third kappa shape index (κ3) is 2.13. The predicted molar refractivity (Wildman–Crippen MR) is 61.5 cm³/mol. The summed E-state index contributed by atoms with van der Waals surface area (Å²) in [4.78, 5) is 13.4. The first kappa shape index (κ1) is 10.8. The number of Topliss-reactive ketones (excluding diaryl/α,β-unsaturated/α-hetero) is 1. The standard InChI is InChI=1S/C12H16O2S/c1-3-11-10(4-5-14-11)12(13)9-6-8(2)15-7-9/h6-7,10-11H,3-5H2,1-2H3. The van der Waals surface area contributed by atoms with E-state index in [9.17, 15) is 4.79 Å². The molecule has 0 amide bonds. The lowest BCUT2D eigenvalue weighted by Crippen LogP contribution is -2.23. The molecular weight excluding hydrogens is 208 g/mol. The molecule has 0 bridgehead atoms. The first-order chi connectivity index (χ1) is 7.22. The van der Waals surface area contributed by atoms with Crippen molar-refractivity contribution >= 4 is 17.1 Å². The van der Waals surface area contributed by atoms with Gasteiger partial charge in [0, 0.05) is 22.4 Å². The molecule has 1 aliphatic heterocycles. The van der Waals surface area contributed by atoms with Crippen molar-refractivity contribution in [2.24, 2.45) is 5.92 Å². The van der Waals surface area contributed by atoms with Gasteiger partial charge < -0.3 is 4.74 Å². The summed E-state index contributed by atoms with van der Waals surface area (Å²) in [7, 11) is 0. The molecule has 1 saturated heterocycles. The topological polar surface area (TPSA) is 26.3 Å². The minimum atomic E-state index is 0.0870. The van der Waals surface area contributed by atoms with E-state index in [4.69, 9.17) is 4.74 Å². The predicted octanol–water partition coefficient (Wildman–Crippen LogP) is 3.05. The van der Waals surface area contributed by atoms with E-state index in [1.165, 1.54) is 4.88 Å². The summed E-state index contributed by atoms with van der Waals surface area (Å²) in [5, 5.41) is 1.96. The SMILES string of the molecule is CCC1OCCC1C(=O)c1csc(C)c1. The first-order valence-corrected chi connectivity index (χ1v) is 6.31. The number of ketones is 1. The van der Waals surface area contributed by atoms with Crippen molar-refractivity contribution in [1.29, 1.82) is 0 Å². The second-order valence-electron chi connectivity index (χ2n) is 4.02. The zero-order valence-corrected chi connectivity index (χ0v) is 9.97. The molecule has 0 saturated carbocycles. The Morgan fingerprint density at radius 2 is 2.47 bits per heavy atom. The maximum Gasteiger partial charge on any atom is 0.169 e. The van der Waals surface area contributed by atoms with Crippen LogP contribution in [0, 0.1) is 12.8 Å². The Bertz CT molecular complexity index is 356. The highest BCUT2D eigenvalue weighted by molar-refractivity contribution is 7.10. The van der Waals surface area contributed by atoms with Crippen LogP contribution in [-0.4, -0.2) is 18.5 Å². The summed E-state index contributed by atoms with van der Waals surface area (Å²) in [5.41, 5.74) is 0.867. The molecule has 0 aromatic carbocycles. The lowest BCUT2D eigenvalue weighted by Gasteiger charge is -2.14. The highest BCUT2D eigenvalue weighted by Gasteiger charge is 2.33. The Morgan fingerprint density at radius 3 is 3.07 bits per heavy atom. The monoisotopic (exact) mass is 224 g/mol. The van der Waals surface area contributed by atoms with E-state index in [1.807, 2.05) is 18.4 Å². The minimum Gasteiger partial charge on any atom is -0.377 e. The van der Waals surface area contributed by atoms with E-state index < -0.39 is 0 Å². The molecule has 0 radical (unpaired) electrons. The number of aryl methyl sites for hydroxylation is 1. The molecular formula is C12H16O2S. The zero-order chi connectivity index (χ0) is 10.8. The highest BCUT2D eigenvalue weighted by Crippen LogP contribution is 2.28. The molecule has 2 unspecified atom stereocenters. The number of ether oxygens (including phenoxy) is 1. The van der Waals surface area contributed by atoms with E-state index in [-0.39, 0.29) is 17.8 Å². The number of hydrogen-bond acceptors (Lipinski definition) is 3. The highest BCUT2D eigenvalue weighted by atomic mass is 32.1. The molecule has 0 spiro atoms. The van der Waals surface area contributed by atoms with Gasteiger partial charge in [-0.05, 0) is 25.8 Å². The number of carbonyl (C=O) groups excluding carboxylic acids is 1. The largest absolute Gasteiger partial charge is 0.377 e. The second kappa shape index (κ2) is 4.45. The van der Waals surface area contributed by atoms with Gasteiger partial charge in [0.05, 0.1) is 12.0 Å². The average Bonchev–Trinajstić information content (AvgIpc) is 2.84. The van der Waals surface area contributed by atoms with E-state index in [0.717, 1.165) is 25.0 Å². The van der Waals surface area contributed by atoms with Gasteiger partial charge in [0.1, 0.15) is 0 Å². The Labute approximate surface area is 94.3 Å². The van der Waals surface area contributed by atoms with Gasteiger partial charge in [0.25, 0.3) is 0 Å². The summed E-state index contributed by atoms with van der Waals surface area (Å²) < 4.78 is 5.55. The molecule has 0 aliphatic carbocycles. The van der Waals surface area contributed by atoms with Crippen LogP contribution < -0.4 is 0 Å². The van der Waals surface area contributed by atoms with Gasteiger partial charge in [-0.15, -0.1) is 11.3 Å². The summed E-state index contributed by atoms with van der Waals surface area (Å²) >= 11 is 1.64. The van der Waals surface area contributed by atoms with Crippen LogP contribution in [0.5, 0.6) is 0 Å². The van der Waals surface area contributed by atoms with Crippen LogP contribution in [0.25, 0.3) is 0 Å². The van der Waals surface area contributed by atoms with Crippen LogP contribution in [0.1, 0.15) is 35.0 Å². The van der Waals surface area contributed by atoms with E-state index in [1.54, 1.807) is 11.3 Å². The van der Waals surface area contributed by atoms with Crippen molar-refractivity contribution in [1.82, 2.24) is 0 Å². The third-order valence-electron chi connectivity index (χ3n) is 2.96. The van der Waals surface area contributed by atoms with Crippen LogP contribution in [0.3, 0.4) is 0 Å². The van der Waals surface area contributed by atoms with Gasteiger partial charge in [-0.1, -0.05) is 6.92 Å². The van der Waals surface area contributed by atoms with Gasteiger partial charge in [0.15, 0.2) is 5.78 Å². The van der Waals surface area contributed by atoms with Gasteiger partial charge in [0.2, 0.25) is 0 Å². The van der Waals surface area contributed by atoms with Crippen molar-refractivity contribution in [3.05, 3.63) is 21.9 Å². The van der Waals surface area contributed by atoms with Gasteiger partial charge in [-0.2, -0.15) is 0 Å². The van der Waals surface area contributed by atoms with Crippen molar-refractivity contribution in [2.75, 3.05) is 6.61 Å². The Morgan fingerprint density at radius 1 is 1.67 bits per heavy atom. The summed E-state index contributed by atoms with van der Waals surface area (Å²) in [6.07, 6.45) is 1.95. The van der Waals surface area contributed by atoms with Gasteiger partial charge in [-0.25, -0.2) is 0 Å². The molecule has 3 heteroatoms. The fourth-order valence-electron chi connectivity index (χ4n) is 2.14. The average molecular weight is 224 g/mol. The second-order valence-corrected chi connectivity index (χ2v) is 5.14. The molecule has 15 heavy (non-hydrogen) atoms. The first-order valence-electron chi connectivity index (χ1n) is 5.43. The molecule has 0 N–H and O–H groups in total. The lowest BCUT2D eigenvalue weighted by molar-refractivity contribution is 0.0689. The number of rotatable bonds is 3. The van der Waals surface area contributed by atoms with Crippen LogP contribution in [0.15, 0.2) is 11.4 Å². The molecule has 1 fully saturated rings. The summed E-state index contributed by atoms with van der Waals surface area (Å²) in [6, 6.07) is 1.98. The van der Waals surface area contributed by atoms with Gasteiger partial charge in [-0.3, -0.25) is 4.79 Å². The summed E-state index contributed by atoms with van der Waals surface area (Å²) in [6.45, 7) is 4.84. The van der Waals surface area contributed by atoms with Crippen molar-refractivity contribution < 1.29 is 9.53 Å². The smallest absolute Gasteiger partial charge is 0.169 e. The minimum absolute atomic E-state index is 0.0870. The number of hydrogen-bond donors (Lipinski definition) is 0. The lowest BCUT2D eigenvalue weighted by atomic mass is 9.92.